The molecule has 0 saturated heterocycles. The molecule has 1 heterocycles. The van der Waals surface area contributed by atoms with Crippen molar-refractivity contribution in [2.45, 2.75) is 22.2 Å². The van der Waals surface area contributed by atoms with Gasteiger partial charge in [0, 0.05) is 9.92 Å². The number of carboxylic acid groups (broad SMARTS) is 1. The molecular weight excluding hydrogens is 339 g/mol. The molecule has 2 nitrogen and oxygen atoms in total. The number of carboxylic acids is 1. The predicted molar refractivity (Wildman–Crippen MR) is 67.7 cm³/mol. The van der Waals surface area contributed by atoms with E-state index in [4.69, 9.17) is 16.7 Å². The Balaban J connectivity index is 2.56. The molecule has 1 unspecified atom stereocenters. The van der Waals surface area contributed by atoms with E-state index in [1.807, 2.05) is 0 Å². The van der Waals surface area contributed by atoms with Crippen LogP contribution in [0.4, 0.5) is 22.0 Å². The Hall–Kier alpha value is -1.28. The van der Waals surface area contributed by atoms with E-state index < -0.39 is 28.9 Å². The van der Waals surface area contributed by atoms with Gasteiger partial charge in [-0.3, -0.25) is 0 Å². The summed E-state index contributed by atoms with van der Waals surface area (Å²) in [7, 11) is 0. The zero-order chi connectivity index (χ0) is 16.0. The summed E-state index contributed by atoms with van der Waals surface area (Å²) in [5.41, 5.74) is -0.823. The van der Waals surface area contributed by atoms with Gasteiger partial charge in [0.15, 0.2) is 0 Å². The fourth-order valence-electron chi connectivity index (χ4n) is 1.76. The van der Waals surface area contributed by atoms with E-state index in [0.29, 0.717) is 0 Å². The van der Waals surface area contributed by atoms with Gasteiger partial charge < -0.3 is 5.11 Å². The highest BCUT2D eigenvalue weighted by molar-refractivity contribution is 8.00. The van der Waals surface area contributed by atoms with Crippen molar-refractivity contribution in [3.63, 3.8) is 0 Å². The van der Waals surface area contributed by atoms with Crippen molar-refractivity contribution < 1.29 is 31.9 Å². The highest BCUT2D eigenvalue weighted by atomic mass is 35.5. The lowest BCUT2D eigenvalue weighted by atomic mass is 10.0. The number of hydrogen-bond acceptors (Lipinski definition) is 2. The maximum Gasteiger partial charge on any atom is 0.454 e. The Morgan fingerprint density at radius 3 is 2.38 bits per heavy atom. The highest BCUT2D eigenvalue weighted by Gasteiger charge is 2.64. The fraction of sp³-hybridized carbons (Fsp3) is 0.250. The molecule has 1 aliphatic heterocycles. The minimum absolute atomic E-state index is 0.110. The number of benzene rings is 1. The summed E-state index contributed by atoms with van der Waals surface area (Å²) in [5, 5.41) is 6.58. The van der Waals surface area contributed by atoms with Gasteiger partial charge in [0.1, 0.15) is 5.25 Å². The van der Waals surface area contributed by atoms with Crippen molar-refractivity contribution in [3.8, 4) is 0 Å². The van der Waals surface area contributed by atoms with Gasteiger partial charge >= 0.3 is 18.1 Å². The normalized spacial score (nSPS) is 19.0. The third-order valence-electron chi connectivity index (χ3n) is 2.76. The summed E-state index contributed by atoms with van der Waals surface area (Å²) in [4.78, 5) is 11.1. The third-order valence-corrected chi connectivity index (χ3v) is 4.41. The fourth-order valence-corrected chi connectivity index (χ4v) is 3.18. The number of fused-ring (bicyclic) bond motifs is 1. The molecule has 2 rings (SSSR count). The van der Waals surface area contributed by atoms with E-state index in [9.17, 15) is 26.7 Å². The predicted octanol–water partition coefficient (Wildman–Crippen LogP) is 4.48. The molecule has 1 aromatic rings. The molecule has 0 spiro atoms. The zero-order valence-electron chi connectivity index (χ0n) is 9.92. The Morgan fingerprint density at radius 1 is 1.24 bits per heavy atom. The van der Waals surface area contributed by atoms with Gasteiger partial charge in [-0.25, -0.2) is 4.79 Å². The smallest absolute Gasteiger partial charge is 0.454 e. The highest BCUT2D eigenvalue weighted by Crippen LogP contribution is 2.50. The lowest BCUT2D eigenvalue weighted by Gasteiger charge is -2.31. The average molecular weight is 345 g/mol. The molecule has 0 radical (unpaired) electrons. The van der Waals surface area contributed by atoms with E-state index in [2.05, 4.69) is 0 Å². The SMILES string of the molecule is O=C(O)C1=Cc2cc(Cl)ccc2SC1C(F)(F)C(F)(F)F. The van der Waals surface area contributed by atoms with E-state index in [0.717, 1.165) is 6.08 Å². The van der Waals surface area contributed by atoms with Crippen LogP contribution in [0.2, 0.25) is 5.02 Å². The van der Waals surface area contributed by atoms with Crippen LogP contribution in [-0.4, -0.2) is 28.4 Å². The van der Waals surface area contributed by atoms with Gasteiger partial charge in [0.25, 0.3) is 0 Å². The Bertz CT molecular complexity index is 627. The summed E-state index contributed by atoms with van der Waals surface area (Å²) in [6.07, 6.45) is -5.05. The van der Waals surface area contributed by atoms with Gasteiger partial charge in [0.2, 0.25) is 0 Å². The standard InChI is InChI=1S/C12H6ClF5O2S/c13-6-1-2-8-5(3-6)4-7(10(19)20)9(21-8)11(14,15)12(16,17)18/h1-4,9H,(H,19,20). The van der Waals surface area contributed by atoms with Gasteiger partial charge in [-0.1, -0.05) is 11.6 Å². The lowest BCUT2D eigenvalue weighted by Crippen LogP contribution is -2.47. The van der Waals surface area contributed by atoms with Crippen molar-refractivity contribution in [2.75, 3.05) is 0 Å². The first-order chi connectivity index (χ1) is 9.54. The van der Waals surface area contributed by atoms with Crippen molar-refractivity contribution in [2.24, 2.45) is 0 Å². The Labute approximate surface area is 124 Å². The van der Waals surface area contributed by atoms with Crippen molar-refractivity contribution >= 4 is 35.4 Å². The lowest BCUT2D eigenvalue weighted by molar-refractivity contribution is -0.278. The van der Waals surface area contributed by atoms with Crippen LogP contribution in [0, 0.1) is 0 Å². The van der Waals surface area contributed by atoms with E-state index >= 15 is 0 Å². The second-order valence-electron chi connectivity index (χ2n) is 4.21. The first-order valence-corrected chi connectivity index (χ1v) is 6.65. The van der Waals surface area contributed by atoms with Crippen LogP contribution in [0.3, 0.4) is 0 Å². The molecule has 9 heteroatoms. The summed E-state index contributed by atoms with van der Waals surface area (Å²) < 4.78 is 64.5. The van der Waals surface area contributed by atoms with E-state index in [1.165, 1.54) is 18.2 Å². The molecule has 1 atom stereocenters. The average Bonchev–Trinajstić information content (AvgIpc) is 2.35. The molecule has 0 bridgehead atoms. The van der Waals surface area contributed by atoms with Crippen LogP contribution in [-0.2, 0) is 4.79 Å². The molecule has 21 heavy (non-hydrogen) atoms. The molecule has 0 amide bonds. The molecule has 0 aliphatic carbocycles. The largest absolute Gasteiger partial charge is 0.478 e. The van der Waals surface area contributed by atoms with Crippen molar-refractivity contribution in [3.05, 3.63) is 34.4 Å². The minimum atomic E-state index is -5.84. The molecule has 0 fully saturated rings. The molecular formula is C12H6ClF5O2S. The molecule has 0 aromatic heterocycles. The number of rotatable bonds is 2. The number of carbonyl (C=O) groups is 1. The Morgan fingerprint density at radius 2 is 1.86 bits per heavy atom. The van der Waals surface area contributed by atoms with E-state index in [1.54, 1.807) is 0 Å². The van der Waals surface area contributed by atoms with Crippen LogP contribution in [0.25, 0.3) is 6.08 Å². The number of thioether (sulfide) groups is 1. The zero-order valence-corrected chi connectivity index (χ0v) is 11.5. The van der Waals surface area contributed by atoms with Gasteiger partial charge in [-0.15, -0.1) is 11.8 Å². The van der Waals surface area contributed by atoms with Crippen LogP contribution in [0.5, 0.6) is 0 Å². The topological polar surface area (TPSA) is 37.3 Å². The minimum Gasteiger partial charge on any atom is -0.478 e. The van der Waals surface area contributed by atoms with Gasteiger partial charge in [-0.05, 0) is 29.8 Å². The Kier molecular flexibility index (Phi) is 3.96. The first kappa shape index (κ1) is 16.1. The quantitative estimate of drug-likeness (QED) is 0.804. The summed E-state index contributed by atoms with van der Waals surface area (Å²) in [6, 6.07) is 3.90. The van der Waals surface area contributed by atoms with Crippen LogP contribution in [0.15, 0.2) is 28.7 Å². The number of aliphatic carboxylic acids is 1. The third kappa shape index (κ3) is 2.87. The number of alkyl halides is 5. The maximum absolute atomic E-state index is 13.5. The second-order valence-corrected chi connectivity index (χ2v) is 5.79. The molecule has 1 aliphatic rings. The number of halogens is 6. The van der Waals surface area contributed by atoms with E-state index in [-0.39, 0.29) is 27.2 Å². The molecule has 0 saturated carbocycles. The van der Waals surface area contributed by atoms with Crippen molar-refractivity contribution in [1.29, 1.82) is 0 Å². The summed E-state index contributed by atoms with van der Waals surface area (Å²) >= 11 is 5.85. The van der Waals surface area contributed by atoms with Gasteiger partial charge in [-0.2, -0.15) is 22.0 Å². The van der Waals surface area contributed by atoms with Crippen LogP contribution < -0.4 is 0 Å². The molecule has 114 valence electrons. The summed E-state index contributed by atoms with van der Waals surface area (Å²) in [5.74, 6) is -7.00. The molecule has 1 aromatic carbocycles. The number of hydrogen-bond donors (Lipinski definition) is 1. The second kappa shape index (κ2) is 5.17. The first-order valence-electron chi connectivity index (χ1n) is 5.39. The van der Waals surface area contributed by atoms with Gasteiger partial charge in [0.05, 0.1) is 5.57 Å². The van der Waals surface area contributed by atoms with Crippen LogP contribution >= 0.6 is 23.4 Å². The summed E-state index contributed by atoms with van der Waals surface area (Å²) in [6.45, 7) is 0. The van der Waals surface area contributed by atoms with Crippen LogP contribution in [0.1, 0.15) is 5.56 Å². The monoisotopic (exact) mass is 344 g/mol. The maximum atomic E-state index is 13.5. The molecule has 1 N–H and O–H groups in total. The van der Waals surface area contributed by atoms with Crippen molar-refractivity contribution in [1.82, 2.24) is 0 Å².